The molecule has 0 saturated heterocycles. The van der Waals surface area contributed by atoms with Crippen molar-refractivity contribution in [2.45, 2.75) is 65.9 Å². The Morgan fingerprint density at radius 3 is 2.43 bits per heavy atom. The van der Waals surface area contributed by atoms with E-state index in [2.05, 4.69) is 33.8 Å². The van der Waals surface area contributed by atoms with Crippen LogP contribution in [0.2, 0.25) is 0 Å². The molecule has 1 aliphatic rings. The van der Waals surface area contributed by atoms with Crippen LogP contribution in [0.5, 0.6) is 11.5 Å². The highest BCUT2D eigenvalue weighted by molar-refractivity contribution is 5.70. The maximum atomic E-state index is 14.8. The zero-order chi connectivity index (χ0) is 26.8. The maximum Gasteiger partial charge on any atom is 0.303 e. The number of hydrogen-bond acceptors (Lipinski definition) is 3. The molecule has 1 atom stereocenters. The second-order valence-electron chi connectivity index (χ2n) is 11.7. The summed E-state index contributed by atoms with van der Waals surface area (Å²) in [6.45, 7) is 9.03. The summed E-state index contributed by atoms with van der Waals surface area (Å²) in [6.07, 6.45) is 3.00. The topological polar surface area (TPSA) is 55.8 Å². The van der Waals surface area contributed by atoms with Gasteiger partial charge in [-0.3, -0.25) is 4.79 Å². The van der Waals surface area contributed by atoms with Gasteiger partial charge in [0, 0.05) is 5.56 Å². The average Bonchev–Trinajstić information content (AvgIpc) is 3.59. The molecule has 5 heteroatoms. The van der Waals surface area contributed by atoms with E-state index in [4.69, 9.17) is 9.47 Å². The van der Waals surface area contributed by atoms with E-state index >= 15 is 0 Å². The van der Waals surface area contributed by atoms with Crippen LogP contribution < -0.4 is 9.47 Å². The lowest BCUT2D eigenvalue weighted by Gasteiger charge is -2.23. The maximum absolute atomic E-state index is 14.8. The zero-order valence-corrected chi connectivity index (χ0v) is 22.4. The minimum atomic E-state index is -0.775. The van der Waals surface area contributed by atoms with Crippen molar-refractivity contribution < 1.29 is 23.8 Å². The third-order valence-corrected chi connectivity index (χ3v) is 7.28. The van der Waals surface area contributed by atoms with Crippen molar-refractivity contribution >= 4 is 5.97 Å². The molecule has 0 radical (unpaired) electrons. The molecule has 0 heterocycles. The predicted octanol–water partition coefficient (Wildman–Crippen LogP) is 8.03. The third-order valence-electron chi connectivity index (χ3n) is 7.28. The average molecular weight is 505 g/mol. The number of benzene rings is 3. The van der Waals surface area contributed by atoms with E-state index in [1.54, 1.807) is 19.2 Å². The van der Waals surface area contributed by atoms with E-state index in [9.17, 15) is 14.3 Å². The molecule has 1 N–H and O–H groups in total. The lowest BCUT2D eigenvalue weighted by atomic mass is 9.82. The number of aliphatic carboxylic acids is 1. The van der Waals surface area contributed by atoms with Crippen LogP contribution in [0.3, 0.4) is 0 Å². The number of ether oxygens (including phenoxy) is 2. The van der Waals surface area contributed by atoms with E-state index in [1.165, 1.54) is 6.07 Å². The first-order valence-corrected chi connectivity index (χ1v) is 12.9. The SMILES string of the molecule is COc1ccc(F)c(-c2ccc(COc3cccc([C@@H](CC(=O)O)C4(C)CC4)c3)cc2CC(C)(C)C)c1. The molecular formula is C32H37FO4. The molecule has 0 spiro atoms. The summed E-state index contributed by atoms with van der Waals surface area (Å²) >= 11 is 0. The first-order chi connectivity index (χ1) is 17.5. The summed E-state index contributed by atoms with van der Waals surface area (Å²) in [7, 11) is 1.58. The van der Waals surface area contributed by atoms with Crippen LogP contribution in [-0.2, 0) is 17.8 Å². The van der Waals surface area contributed by atoms with Gasteiger partial charge in [0.1, 0.15) is 23.9 Å². The molecule has 0 bridgehead atoms. The largest absolute Gasteiger partial charge is 0.497 e. The Hall–Kier alpha value is -3.34. The fourth-order valence-corrected chi connectivity index (χ4v) is 5.03. The molecule has 4 rings (SSSR count). The Morgan fingerprint density at radius 1 is 1.03 bits per heavy atom. The van der Waals surface area contributed by atoms with Crippen molar-refractivity contribution in [3.8, 4) is 22.6 Å². The lowest BCUT2D eigenvalue weighted by Crippen LogP contribution is -2.15. The summed E-state index contributed by atoms with van der Waals surface area (Å²) in [5.41, 5.74) is 4.49. The van der Waals surface area contributed by atoms with Gasteiger partial charge in [0.25, 0.3) is 0 Å². The van der Waals surface area contributed by atoms with Crippen molar-refractivity contribution in [1.82, 2.24) is 0 Å². The smallest absolute Gasteiger partial charge is 0.303 e. The van der Waals surface area contributed by atoms with Gasteiger partial charge in [-0.2, -0.15) is 0 Å². The number of hydrogen-bond donors (Lipinski definition) is 1. The van der Waals surface area contributed by atoms with Crippen LogP contribution in [0.15, 0.2) is 60.7 Å². The quantitative estimate of drug-likeness (QED) is 0.304. The van der Waals surface area contributed by atoms with Gasteiger partial charge in [0.05, 0.1) is 13.5 Å². The Bertz CT molecular complexity index is 1270. The molecule has 3 aromatic carbocycles. The van der Waals surface area contributed by atoms with E-state index in [1.807, 2.05) is 36.4 Å². The molecular weight excluding hydrogens is 467 g/mol. The van der Waals surface area contributed by atoms with Crippen LogP contribution in [0.1, 0.15) is 69.6 Å². The number of carboxylic acids is 1. The molecule has 0 unspecified atom stereocenters. The third kappa shape index (κ3) is 6.71. The Morgan fingerprint density at radius 2 is 1.78 bits per heavy atom. The highest BCUT2D eigenvalue weighted by Crippen LogP contribution is 2.57. The van der Waals surface area contributed by atoms with Gasteiger partial charge in [0.2, 0.25) is 0 Å². The molecule has 3 aromatic rings. The molecule has 4 nitrogen and oxygen atoms in total. The number of halogens is 1. The number of methoxy groups -OCH3 is 1. The summed E-state index contributed by atoms with van der Waals surface area (Å²) in [6, 6.07) is 18.7. The molecule has 1 saturated carbocycles. The molecule has 37 heavy (non-hydrogen) atoms. The molecule has 196 valence electrons. The minimum Gasteiger partial charge on any atom is -0.497 e. The van der Waals surface area contributed by atoms with E-state index in [0.717, 1.165) is 47.3 Å². The minimum absolute atomic E-state index is 0.00990. The number of carbonyl (C=O) groups is 1. The second-order valence-corrected chi connectivity index (χ2v) is 11.7. The van der Waals surface area contributed by atoms with Crippen molar-refractivity contribution in [2.75, 3.05) is 7.11 Å². The van der Waals surface area contributed by atoms with Crippen molar-refractivity contribution in [1.29, 1.82) is 0 Å². The molecule has 0 aliphatic heterocycles. The highest BCUT2D eigenvalue weighted by atomic mass is 19.1. The Balaban J connectivity index is 1.58. The summed E-state index contributed by atoms with van der Waals surface area (Å²) in [5.74, 6) is 0.258. The van der Waals surface area contributed by atoms with Crippen LogP contribution >= 0.6 is 0 Å². The number of rotatable bonds is 10. The number of carboxylic acid groups (broad SMARTS) is 1. The molecule has 0 aromatic heterocycles. The lowest BCUT2D eigenvalue weighted by molar-refractivity contribution is -0.137. The predicted molar refractivity (Wildman–Crippen MR) is 145 cm³/mol. The summed E-state index contributed by atoms with van der Waals surface area (Å²) < 4.78 is 26.3. The van der Waals surface area contributed by atoms with Crippen molar-refractivity contribution in [2.24, 2.45) is 10.8 Å². The first kappa shape index (κ1) is 26.7. The van der Waals surface area contributed by atoms with Gasteiger partial charge in [-0.25, -0.2) is 4.39 Å². The van der Waals surface area contributed by atoms with Gasteiger partial charge in [-0.05, 0) is 88.6 Å². The van der Waals surface area contributed by atoms with Gasteiger partial charge in [0.15, 0.2) is 0 Å². The van der Waals surface area contributed by atoms with Crippen LogP contribution in [-0.4, -0.2) is 18.2 Å². The normalized spacial score (nSPS) is 15.2. The zero-order valence-electron chi connectivity index (χ0n) is 22.4. The van der Waals surface area contributed by atoms with Crippen molar-refractivity contribution in [3.05, 3.63) is 83.2 Å². The second kappa shape index (κ2) is 10.6. The van der Waals surface area contributed by atoms with Gasteiger partial charge >= 0.3 is 5.97 Å². The first-order valence-electron chi connectivity index (χ1n) is 12.9. The van der Waals surface area contributed by atoms with Crippen LogP contribution in [0.25, 0.3) is 11.1 Å². The fourth-order valence-electron chi connectivity index (χ4n) is 5.03. The van der Waals surface area contributed by atoms with E-state index < -0.39 is 5.97 Å². The fraction of sp³-hybridized carbons (Fsp3) is 0.406. The van der Waals surface area contributed by atoms with Gasteiger partial charge in [-0.15, -0.1) is 0 Å². The van der Waals surface area contributed by atoms with E-state index in [-0.39, 0.29) is 29.0 Å². The molecule has 0 amide bonds. The summed E-state index contributed by atoms with van der Waals surface area (Å²) in [4.78, 5) is 11.5. The van der Waals surface area contributed by atoms with Gasteiger partial charge in [-0.1, -0.05) is 58.0 Å². The van der Waals surface area contributed by atoms with Crippen LogP contribution in [0, 0.1) is 16.6 Å². The van der Waals surface area contributed by atoms with Gasteiger partial charge < -0.3 is 14.6 Å². The standard InChI is InChI=1S/C32H37FO4/c1-31(2,3)19-23-15-21(9-11-26(23)27-17-24(36-5)10-12-29(27)33)20-37-25-8-6-7-22(16-25)28(18-30(34)35)32(4)13-14-32/h6-12,15-17,28H,13-14,18-20H2,1-5H3,(H,34,35)/t28-/m1/s1. The van der Waals surface area contributed by atoms with Crippen LogP contribution in [0.4, 0.5) is 4.39 Å². The highest BCUT2D eigenvalue weighted by Gasteiger charge is 2.46. The van der Waals surface area contributed by atoms with E-state index in [0.29, 0.717) is 17.9 Å². The summed E-state index contributed by atoms with van der Waals surface area (Å²) in [5, 5.41) is 9.45. The molecule has 1 fully saturated rings. The molecule has 1 aliphatic carbocycles. The van der Waals surface area contributed by atoms with Crippen molar-refractivity contribution in [3.63, 3.8) is 0 Å². The Kier molecular flexibility index (Phi) is 7.63. The monoisotopic (exact) mass is 504 g/mol. The Labute approximate surface area is 219 Å².